The number of nitrogens with one attached hydrogen (secondary N) is 1. The van der Waals surface area contributed by atoms with Crippen LogP contribution in [0.15, 0.2) is 0 Å². The predicted octanol–water partition coefficient (Wildman–Crippen LogP) is 0.294. The maximum Gasteiger partial charge on any atom is 0.0923 e. The molecule has 0 amide bonds. The summed E-state index contributed by atoms with van der Waals surface area (Å²) >= 11 is 0. The van der Waals surface area contributed by atoms with E-state index in [4.69, 9.17) is 5.41 Å². The highest BCUT2D eigenvalue weighted by Crippen LogP contribution is 1.84. The summed E-state index contributed by atoms with van der Waals surface area (Å²) in [6.07, 6.45) is 1.67. The molecule has 1 N–H and O–H groups in total. The van der Waals surface area contributed by atoms with E-state index >= 15 is 0 Å². The molecular formula is C6H14N2OS. The van der Waals surface area contributed by atoms with Gasteiger partial charge in [-0.1, -0.05) is 0 Å². The largest absolute Gasteiger partial charge is 0.363 e. The Morgan fingerprint density at radius 3 is 2.50 bits per heavy atom. The molecule has 0 saturated carbocycles. The van der Waals surface area contributed by atoms with Crippen molar-refractivity contribution in [2.45, 2.75) is 6.92 Å². The zero-order valence-electron chi connectivity index (χ0n) is 6.68. The van der Waals surface area contributed by atoms with E-state index < -0.39 is 10.8 Å². The lowest BCUT2D eigenvalue weighted by atomic mass is 10.5. The first-order valence-corrected chi connectivity index (χ1v) is 4.83. The third-order valence-corrected chi connectivity index (χ3v) is 2.04. The topological polar surface area (TPSA) is 44.2 Å². The fourth-order valence-corrected chi connectivity index (χ4v) is 0.964. The second-order valence-electron chi connectivity index (χ2n) is 2.28. The summed E-state index contributed by atoms with van der Waals surface area (Å²) in [7, 11) is 1.09. The first kappa shape index (κ1) is 9.62. The average molecular weight is 162 g/mol. The van der Waals surface area contributed by atoms with Crippen molar-refractivity contribution < 1.29 is 4.21 Å². The molecule has 0 radical (unpaired) electrons. The summed E-state index contributed by atoms with van der Waals surface area (Å²) in [6, 6.07) is 0. The van der Waals surface area contributed by atoms with Crippen LogP contribution in [-0.2, 0) is 10.8 Å². The Morgan fingerprint density at radius 1 is 1.70 bits per heavy atom. The van der Waals surface area contributed by atoms with Crippen molar-refractivity contribution >= 4 is 16.6 Å². The van der Waals surface area contributed by atoms with Gasteiger partial charge in [-0.15, -0.1) is 0 Å². The molecule has 0 rings (SSSR count). The SMILES string of the molecule is CC(=N)N(C)CCS(C)=O. The highest BCUT2D eigenvalue weighted by atomic mass is 32.2. The number of rotatable bonds is 3. The number of hydrogen-bond donors (Lipinski definition) is 1. The van der Waals surface area contributed by atoms with Crippen LogP contribution in [0.25, 0.3) is 0 Å². The highest BCUT2D eigenvalue weighted by Gasteiger charge is 1.98. The summed E-state index contributed by atoms with van der Waals surface area (Å²) in [5.74, 6) is 1.16. The van der Waals surface area contributed by atoms with Gasteiger partial charge < -0.3 is 4.90 Å². The maximum atomic E-state index is 10.6. The molecule has 4 heteroatoms. The van der Waals surface area contributed by atoms with Crippen LogP contribution in [-0.4, -0.2) is 40.5 Å². The van der Waals surface area contributed by atoms with Gasteiger partial charge >= 0.3 is 0 Å². The van der Waals surface area contributed by atoms with Gasteiger partial charge in [0.05, 0.1) is 5.84 Å². The minimum atomic E-state index is -0.741. The lowest BCUT2D eigenvalue weighted by Crippen LogP contribution is -2.27. The van der Waals surface area contributed by atoms with Crippen LogP contribution >= 0.6 is 0 Å². The molecule has 0 spiro atoms. The third kappa shape index (κ3) is 4.49. The van der Waals surface area contributed by atoms with E-state index in [2.05, 4.69) is 0 Å². The van der Waals surface area contributed by atoms with Crippen molar-refractivity contribution in [2.24, 2.45) is 0 Å². The molecule has 0 fully saturated rings. The molecule has 0 heterocycles. The van der Waals surface area contributed by atoms with E-state index in [0.717, 1.165) is 0 Å². The van der Waals surface area contributed by atoms with Crippen molar-refractivity contribution in [3.05, 3.63) is 0 Å². The van der Waals surface area contributed by atoms with Crippen LogP contribution in [0.5, 0.6) is 0 Å². The van der Waals surface area contributed by atoms with Gasteiger partial charge in [0.15, 0.2) is 0 Å². The molecule has 0 aliphatic rings. The summed E-state index contributed by atoms with van der Waals surface area (Å²) in [5.41, 5.74) is 0. The highest BCUT2D eigenvalue weighted by molar-refractivity contribution is 7.84. The Bertz CT molecular complexity index is 147. The van der Waals surface area contributed by atoms with E-state index in [1.807, 2.05) is 7.05 Å². The van der Waals surface area contributed by atoms with E-state index in [1.54, 1.807) is 18.1 Å². The fourth-order valence-electron chi connectivity index (χ4n) is 0.433. The molecule has 0 aliphatic heterocycles. The molecule has 0 aromatic rings. The molecule has 10 heavy (non-hydrogen) atoms. The van der Waals surface area contributed by atoms with E-state index in [9.17, 15) is 4.21 Å². The second-order valence-corrected chi connectivity index (χ2v) is 3.84. The monoisotopic (exact) mass is 162 g/mol. The number of amidine groups is 1. The maximum absolute atomic E-state index is 10.6. The lowest BCUT2D eigenvalue weighted by molar-refractivity contribution is 0.530. The van der Waals surface area contributed by atoms with E-state index in [-0.39, 0.29) is 0 Å². The fraction of sp³-hybridized carbons (Fsp3) is 0.833. The van der Waals surface area contributed by atoms with Gasteiger partial charge in [0.1, 0.15) is 0 Å². The minimum absolute atomic E-state index is 0.519. The van der Waals surface area contributed by atoms with Gasteiger partial charge in [-0.2, -0.15) is 0 Å². The smallest absolute Gasteiger partial charge is 0.0923 e. The summed E-state index contributed by atoms with van der Waals surface area (Å²) < 4.78 is 10.6. The Labute approximate surface area is 64.4 Å². The normalized spacial score (nSPS) is 12.7. The van der Waals surface area contributed by atoms with Crippen molar-refractivity contribution in [1.29, 1.82) is 5.41 Å². The Kier molecular flexibility index (Phi) is 4.27. The first-order chi connectivity index (χ1) is 4.54. The Balaban J connectivity index is 3.49. The van der Waals surface area contributed by atoms with Crippen LogP contribution in [0.2, 0.25) is 0 Å². The number of hydrogen-bond acceptors (Lipinski definition) is 2. The molecule has 1 atom stereocenters. The quantitative estimate of drug-likeness (QED) is 0.479. The molecular weight excluding hydrogens is 148 g/mol. The molecule has 0 aromatic heterocycles. The van der Waals surface area contributed by atoms with Crippen molar-refractivity contribution in [3.63, 3.8) is 0 Å². The van der Waals surface area contributed by atoms with Crippen molar-refractivity contribution in [2.75, 3.05) is 25.6 Å². The standard InChI is InChI=1S/C6H14N2OS/c1-6(7)8(2)4-5-10(3)9/h7H,4-5H2,1-3H3. The Hall–Kier alpha value is -0.380. The van der Waals surface area contributed by atoms with Gasteiger partial charge in [0, 0.05) is 36.4 Å². The molecule has 1 unspecified atom stereocenters. The zero-order chi connectivity index (χ0) is 8.15. The van der Waals surface area contributed by atoms with Gasteiger partial charge in [0.25, 0.3) is 0 Å². The van der Waals surface area contributed by atoms with E-state index in [1.165, 1.54) is 0 Å². The average Bonchev–Trinajstić information content (AvgIpc) is 1.82. The van der Waals surface area contributed by atoms with Gasteiger partial charge in [-0.05, 0) is 6.92 Å². The molecule has 60 valence electrons. The lowest BCUT2D eigenvalue weighted by Gasteiger charge is -2.15. The zero-order valence-corrected chi connectivity index (χ0v) is 7.49. The van der Waals surface area contributed by atoms with Crippen LogP contribution in [0.1, 0.15) is 6.92 Å². The van der Waals surface area contributed by atoms with Crippen molar-refractivity contribution in [1.82, 2.24) is 4.90 Å². The van der Waals surface area contributed by atoms with Gasteiger partial charge in [-0.3, -0.25) is 9.62 Å². The number of nitrogens with zero attached hydrogens (tertiary/aromatic N) is 1. The molecule has 0 bridgehead atoms. The molecule has 0 aliphatic carbocycles. The van der Waals surface area contributed by atoms with Gasteiger partial charge in [-0.25, -0.2) is 0 Å². The molecule has 0 aromatic carbocycles. The first-order valence-electron chi connectivity index (χ1n) is 3.10. The third-order valence-electron chi connectivity index (χ3n) is 1.29. The Morgan fingerprint density at radius 2 is 2.20 bits per heavy atom. The van der Waals surface area contributed by atoms with Crippen LogP contribution in [0, 0.1) is 5.41 Å². The predicted molar refractivity (Wildman–Crippen MR) is 45.0 cm³/mol. The molecule has 3 nitrogen and oxygen atoms in total. The summed E-state index contributed by atoms with van der Waals surface area (Å²) in [6.45, 7) is 2.43. The van der Waals surface area contributed by atoms with Crippen LogP contribution in [0.3, 0.4) is 0 Å². The van der Waals surface area contributed by atoms with Gasteiger partial charge in [0.2, 0.25) is 0 Å². The second kappa shape index (κ2) is 4.44. The molecule has 0 saturated heterocycles. The summed E-state index contributed by atoms with van der Waals surface area (Å²) in [4.78, 5) is 1.78. The van der Waals surface area contributed by atoms with Crippen LogP contribution < -0.4 is 0 Å². The summed E-state index contributed by atoms with van der Waals surface area (Å²) in [5, 5.41) is 7.17. The van der Waals surface area contributed by atoms with E-state index in [0.29, 0.717) is 18.1 Å². The van der Waals surface area contributed by atoms with Crippen LogP contribution in [0.4, 0.5) is 0 Å². The minimum Gasteiger partial charge on any atom is -0.363 e. The van der Waals surface area contributed by atoms with Crippen molar-refractivity contribution in [3.8, 4) is 0 Å².